The Hall–Kier alpha value is -2.92. The Morgan fingerprint density at radius 3 is 2.57 bits per heavy atom. The van der Waals surface area contributed by atoms with Crippen LogP contribution in [0.3, 0.4) is 0 Å². The molecule has 0 aliphatic carbocycles. The molecule has 0 spiro atoms. The van der Waals surface area contributed by atoms with Crippen LogP contribution < -0.4 is 0 Å². The fourth-order valence-electron chi connectivity index (χ4n) is 2.35. The normalized spacial score (nSPS) is 11.0. The molecule has 0 saturated heterocycles. The molecule has 4 aromatic rings. The molecule has 2 aromatic carbocycles. The number of phenols is 1. The van der Waals surface area contributed by atoms with E-state index in [2.05, 4.69) is 15.3 Å². The second-order valence-electron chi connectivity index (χ2n) is 5.10. The minimum absolute atomic E-state index is 0.212. The lowest BCUT2D eigenvalue weighted by Gasteiger charge is -2.01. The molecule has 0 saturated carbocycles. The maximum Gasteiger partial charge on any atom is 0.131 e. The highest BCUT2D eigenvalue weighted by atomic mass is 35.5. The third kappa shape index (κ3) is 2.62. The molecule has 0 radical (unpaired) electrons. The number of aromatic nitrogens is 4. The van der Waals surface area contributed by atoms with Gasteiger partial charge in [0.1, 0.15) is 11.4 Å². The number of hydrogen-bond acceptors (Lipinski definition) is 4. The van der Waals surface area contributed by atoms with Crippen LogP contribution in [-0.4, -0.2) is 25.1 Å². The van der Waals surface area contributed by atoms with Crippen molar-refractivity contribution in [3.05, 3.63) is 65.8 Å². The van der Waals surface area contributed by atoms with Crippen molar-refractivity contribution < 1.29 is 5.11 Å². The standard InChI is InChI=1S/C17H11ClN4O/c18-12-2-8-15-11(9-12)1-7-16(19-15)17-10-22(21-20-17)13-3-5-14(23)6-4-13/h1-10,23H. The number of benzene rings is 2. The molecule has 0 aliphatic heterocycles. The van der Waals surface area contributed by atoms with Crippen LogP contribution in [0, 0.1) is 0 Å². The van der Waals surface area contributed by atoms with Crippen LogP contribution in [0.15, 0.2) is 60.8 Å². The maximum absolute atomic E-state index is 9.34. The Kier molecular flexibility index (Phi) is 3.20. The van der Waals surface area contributed by atoms with Gasteiger partial charge in [0, 0.05) is 10.4 Å². The van der Waals surface area contributed by atoms with E-state index in [0.29, 0.717) is 10.7 Å². The van der Waals surface area contributed by atoms with Crippen LogP contribution in [0.4, 0.5) is 0 Å². The van der Waals surface area contributed by atoms with Crippen LogP contribution in [0.2, 0.25) is 5.02 Å². The van der Waals surface area contributed by atoms with Crippen molar-refractivity contribution >= 4 is 22.5 Å². The van der Waals surface area contributed by atoms with Gasteiger partial charge in [0.05, 0.1) is 23.1 Å². The van der Waals surface area contributed by atoms with Gasteiger partial charge in [0.2, 0.25) is 0 Å². The molecule has 0 unspecified atom stereocenters. The van der Waals surface area contributed by atoms with Crippen molar-refractivity contribution in [2.24, 2.45) is 0 Å². The number of hydrogen-bond donors (Lipinski definition) is 1. The summed E-state index contributed by atoms with van der Waals surface area (Å²) in [5.41, 5.74) is 3.08. The van der Waals surface area contributed by atoms with Gasteiger partial charge < -0.3 is 5.11 Å². The summed E-state index contributed by atoms with van der Waals surface area (Å²) >= 11 is 5.99. The van der Waals surface area contributed by atoms with Gasteiger partial charge in [-0.1, -0.05) is 22.9 Å². The lowest BCUT2D eigenvalue weighted by Crippen LogP contribution is -1.93. The Balaban J connectivity index is 1.73. The van der Waals surface area contributed by atoms with Crippen LogP contribution in [0.1, 0.15) is 0 Å². The monoisotopic (exact) mass is 322 g/mol. The van der Waals surface area contributed by atoms with Gasteiger partial charge in [-0.05, 0) is 48.5 Å². The first-order chi connectivity index (χ1) is 11.2. The van der Waals surface area contributed by atoms with Crippen molar-refractivity contribution in [3.63, 3.8) is 0 Å². The Labute approximate surface area is 136 Å². The van der Waals surface area contributed by atoms with E-state index in [0.717, 1.165) is 22.3 Å². The van der Waals surface area contributed by atoms with Crippen LogP contribution in [0.5, 0.6) is 5.75 Å². The smallest absolute Gasteiger partial charge is 0.131 e. The predicted molar refractivity (Wildman–Crippen MR) is 88.8 cm³/mol. The van der Waals surface area contributed by atoms with Gasteiger partial charge in [-0.2, -0.15) is 0 Å². The van der Waals surface area contributed by atoms with E-state index in [1.165, 1.54) is 0 Å². The molecule has 0 fully saturated rings. The minimum Gasteiger partial charge on any atom is -0.508 e. The SMILES string of the molecule is Oc1ccc(-n2cc(-c3ccc4cc(Cl)ccc4n3)nn2)cc1. The fraction of sp³-hybridized carbons (Fsp3) is 0. The van der Waals surface area contributed by atoms with Gasteiger partial charge in [-0.25, -0.2) is 9.67 Å². The van der Waals surface area contributed by atoms with Gasteiger partial charge in [-0.15, -0.1) is 5.10 Å². The van der Waals surface area contributed by atoms with Crippen molar-refractivity contribution in [2.45, 2.75) is 0 Å². The van der Waals surface area contributed by atoms with Gasteiger partial charge in [0.25, 0.3) is 0 Å². The molecule has 1 N–H and O–H groups in total. The van der Waals surface area contributed by atoms with Gasteiger partial charge in [0.15, 0.2) is 0 Å². The zero-order valence-electron chi connectivity index (χ0n) is 11.9. The topological polar surface area (TPSA) is 63.8 Å². The second-order valence-corrected chi connectivity index (χ2v) is 5.53. The summed E-state index contributed by atoms with van der Waals surface area (Å²) in [5.74, 6) is 0.212. The van der Waals surface area contributed by atoms with Crippen LogP contribution >= 0.6 is 11.6 Å². The summed E-state index contributed by atoms with van der Waals surface area (Å²) in [4.78, 5) is 4.59. The lowest BCUT2D eigenvalue weighted by atomic mass is 10.2. The summed E-state index contributed by atoms with van der Waals surface area (Å²) in [6.07, 6.45) is 1.80. The molecule has 0 bridgehead atoms. The van der Waals surface area contributed by atoms with Crippen molar-refractivity contribution in [3.8, 4) is 22.8 Å². The summed E-state index contributed by atoms with van der Waals surface area (Å²) in [7, 11) is 0. The Morgan fingerprint density at radius 2 is 1.74 bits per heavy atom. The number of aromatic hydroxyl groups is 1. The van der Waals surface area contributed by atoms with Crippen LogP contribution in [0.25, 0.3) is 28.0 Å². The van der Waals surface area contributed by atoms with E-state index in [-0.39, 0.29) is 5.75 Å². The molecular weight excluding hydrogens is 312 g/mol. The third-order valence-corrected chi connectivity index (χ3v) is 3.76. The van der Waals surface area contributed by atoms with E-state index >= 15 is 0 Å². The Bertz CT molecular complexity index is 995. The van der Waals surface area contributed by atoms with E-state index in [1.807, 2.05) is 30.3 Å². The zero-order chi connectivity index (χ0) is 15.8. The van der Waals surface area contributed by atoms with E-state index in [1.54, 1.807) is 35.1 Å². The van der Waals surface area contributed by atoms with E-state index in [9.17, 15) is 5.11 Å². The second kappa shape index (κ2) is 5.37. The first-order valence-electron chi connectivity index (χ1n) is 6.97. The maximum atomic E-state index is 9.34. The molecule has 0 amide bonds. The molecule has 6 heteroatoms. The molecule has 2 heterocycles. The van der Waals surface area contributed by atoms with Crippen molar-refractivity contribution in [1.29, 1.82) is 0 Å². The minimum atomic E-state index is 0.212. The number of fused-ring (bicyclic) bond motifs is 1. The van der Waals surface area contributed by atoms with Crippen LogP contribution in [-0.2, 0) is 0 Å². The first-order valence-corrected chi connectivity index (χ1v) is 7.35. The quantitative estimate of drug-likeness (QED) is 0.609. The number of halogens is 1. The number of phenolic OH excluding ortho intramolecular Hbond substituents is 1. The molecule has 0 aliphatic rings. The lowest BCUT2D eigenvalue weighted by molar-refractivity contribution is 0.475. The first kappa shape index (κ1) is 13.7. The summed E-state index contributed by atoms with van der Waals surface area (Å²) in [6, 6.07) is 16.2. The van der Waals surface area contributed by atoms with Gasteiger partial charge in [-0.3, -0.25) is 0 Å². The van der Waals surface area contributed by atoms with Crippen molar-refractivity contribution in [1.82, 2.24) is 20.0 Å². The fourth-order valence-corrected chi connectivity index (χ4v) is 2.53. The van der Waals surface area contributed by atoms with Crippen molar-refractivity contribution in [2.75, 3.05) is 0 Å². The molecular formula is C17H11ClN4O. The largest absolute Gasteiger partial charge is 0.508 e. The molecule has 23 heavy (non-hydrogen) atoms. The summed E-state index contributed by atoms with van der Waals surface area (Å²) in [6.45, 7) is 0. The van der Waals surface area contributed by atoms with E-state index < -0.39 is 0 Å². The third-order valence-electron chi connectivity index (χ3n) is 3.52. The molecule has 112 valence electrons. The highest BCUT2D eigenvalue weighted by Crippen LogP contribution is 2.22. The number of nitrogens with zero attached hydrogens (tertiary/aromatic N) is 4. The zero-order valence-corrected chi connectivity index (χ0v) is 12.6. The summed E-state index contributed by atoms with van der Waals surface area (Å²) < 4.78 is 1.64. The number of rotatable bonds is 2. The average Bonchev–Trinajstić information content (AvgIpc) is 3.05. The van der Waals surface area contributed by atoms with E-state index in [4.69, 9.17) is 11.6 Å². The number of pyridine rings is 1. The van der Waals surface area contributed by atoms with Gasteiger partial charge >= 0.3 is 0 Å². The molecule has 0 atom stereocenters. The predicted octanol–water partition coefficient (Wildman–Crippen LogP) is 3.84. The molecule has 5 nitrogen and oxygen atoms in total. The highest BCUT2D eigenvalue weighted by Gasteiger charge is 2.08. The average molecular weight is 323 g/mol. The Morgan fingerprint density at radius 1 is 0.913 bits per heavy atom. The molecule has 4 rings (SSSR count). The highest BCUT2D eigenvalue weighted by molar-refractivity contribution is 6.31. The molecule has 2 aromatic heterocycles. The summed E-state index contributed by atoms with van der Waals surface area (Å²) in [5, 5.41) is 19.3.